The van der Waals surface area contributed by atoms with Crippen LogP contribution in [0.25, 0.3) is 72.4 Å². The van der Waals surface area contributed by atoms with Gasteiger partial charge in [0.1, 0.15) is 5.58 Å². The summed E-state index contributed by atoms with van der Waals surface area (Å²) in [7, 11) is -1.34. The van der Waals surface area contributed by atoms with Crippen molar-refractivity contribution >= 4 is 46.2 Å². The Hall–Kier alpha value is -5.46. The summed E-state index contributed by atoms with van der Waals surface area (Å²) in [6.07, 6.45) is 7.05. The maximum atomic E-state index is 6.40. The molecule has 5 nitrogen and oxygen atoms in total. The number of fused-ring (bicyclic) bond motifs is 4. The molecule has 9 aromatic rings. The minimum absolute atomic E-state index is 0. The molecule has 0 aliphatic rings. The third-order valence-electron chi connectivity index (χ3n) is 10.6. The van der Waals surface area contributed by atoms with Gasteiger partial charge in [-0.25, -0.2) is 0 Å². The zero-order valence-corrected chi connectivity index (χ0v) is 38.5. The second-order valence-corrected chi connectivity index (χ2v) is 22.6. The predicted octanol–water partition coefficient (Wildman–Crippen LogP) is 13.0. The maximum Gasteiger partial charge on any atom is 0.120 e. The van der Waals surface area contributed by atoms with Gasteiger partial charge in [0.15, 0.2) is 0 Å². The van der Waals surface area contributed by atoms with Crippen LogP contribution in [0.3, 0.4) is 0 Å². The van der Waals surface area contributed by atoms with Crippen LogP contribution in [0.5, 0.6) is 0 Å². The zero-order valence-electron chi connectivity index (χ0n) is 35.1. The molecule has 0 N–H and O–H groups in total. The molecule has 0 fully saturated rings. The average Bonchev–Trinajstić information content (AvgIpc) is 3.80. The summed E-state index contributed by atoms with van der Waals surface area (Å²) in [4.78, 5) is 14.4. The molecule has 9 rings (SSSR count). The minimum atomic E-state index is -1.34. The van der Waals surface area contributed by atoms with Crippen molar-refractivity contribution in [3.05, 3.63) is 163 Å². The number of pyridine rings is 2. The fourth-order valence-corrected chi connectivity index (χ4v) is 9.36. The number of benzene rings is 5. The molecule has 0 amide bonds. The van der Waals surface area contributed by atoms with E-state index in [0.717, 1.165) is 73.3 Å². The molecule has 299 valence electrons. The standard InChI is InChI=1S/C34H26N3O.C18H24NSi.Ir/c1-34(2,3)28-20-35-21-29-31(28)37(24-18-16-23(17-19-24)22-10-5-4-6-11-22)33(36-29)27-14-9-13-26-25-12-7-8-15-30(25)38-32(26)27;1-14(2)11-16-12-17(15-9-7-6-8-10-15)19-13-18(16)20(3,4)5;/h4-13,15-21H,1-3H3;6-9,12-14H,11H2,1-5H3;/q2*-1;. The quantitative estimate of drug-likeness (QED) is 0.118. The van der Waals surface area contributed by atoms with Gasteiger partial charge < -0.3 is 14.0 Å². The van der Waals surface area contributed by atoms with E-state index in [4.69, 9.17) is 9.40 Å². The molecule has 4 aromatic heterocycles. The van der Waals surface area contributed by atoms with E-state index in [1.807, 2.05) is 60.9 Å². The van der Waals surface area contributed by atoms with Gasteiger partial charge in [0.05, 0.1) is 36.7 Å². The van der Waals surface area contributed by atoms with E-state index in [2.05, 4.69) is 160 Å². The second-order valence-electron chi connectivity index (χ2n) is 17.5. The summed E-state index contributed by atoms with van der Waals surface area (Å²) in [6, 6.07) is 48.4. The van der Waals surface area contributed by atoms with Crippen LogP contribution in [0.2, 0.25) is 19.6 Å². The minimum Gasteiger partial charge on any atom is -0.501 e. The molecule has 4 heterocycles. The molecule has 0 spiro atoms. The molecule has 0 aliphatic carbocycles. The zero-order chi connectivity index (χ0) is 40.6. The Morgan fingerprint density at radius 1 is 0.746 bits per heavy atom. The first-order valence-corrected chi connectivity index (χ1v) is 23.7. The Labute approximate surface area is 363 Å². The smallest absolute Gasteiger partial charge is 0.120 e. The van der Waals surface area contributed by atoms with Gasteiger partial charge in [-0.2, -0.15) is 0 Å². The normalized spacial score (nSPS) is 11.8. The van der Waals surface area contributed by atoms with E-state index in [1.54, 1.807) is 0 Å². The van der Waals surface area contributed by atoms with Gasteiger partial charge in [0, 0.05) is 49.1 Å². The first-order chi connectivity index (χ1) is 27.9. The SMILES string of the molecule is CC(C)(C)c1cncc2nc(-c3[c-]ccc4c3oc3ccccc34)n(-c3ccc(-c4ccccc4)cc3)c12.CC(C)Cc1cc(-c2[c-]cccc2)ncc1[Si](C)(C)C.[Ir]. The van der Waals surface area contributed by atoms with Crippen LogP contribution in [0.1, 0.15) is 45.7 Å². The molecule has 0 saturated heterocycles. The molecule has 0 atom stereocenters. The van der Waals surface area contributed by atoms with Crippen LogP contribution in [0.4, 0.5) is 0 Å². The number of nitrogens with zero attached hydrogens (tertiary/aromatic N) is 4. The van der Waals surface area contributed by atoms with Gasteiger partial charge in [0.25, 0.3) is 0 Å². The summed E-state index contributed by atoms with van der Waals surface area (Å²) < 4.78 is 8.64. The van der Waals surface area contributed by atoms with Gasteiger partial charge >= 0.3 is 0 Å². The molecule has 0 saturated carbocycles. The van der Waals surface area contributed by atoms with Crippen LogP contribution in [-0.2, 0) is 31.9 Å². The molecule has 59 heavy (non-hydrogen) atoms. The first-order valence-electron chi connectivity index (χ1n) is 20.2. The predicted molar refractivity (Wildman–Crippen MR) is 245 cm³/mol. The van der Waals surface area contributed by atoms with Crippen molar-refractivity contribution in [2.75, 3.05) is 0 Å². The third-order valence-corrected chi connectivity index (χ3v) is 12.6. The van der Waals surface area contributed by atoms with Crippen molar-refractivity contribution in [2.24, 2.45) is 5.92 Å². The molecule has 5 aromatic carbocycles. The molecular weight excluding hydrogens is 917 g/mol. The van der Waals surface area contributed by atoms with E-state index in [1.165, 1.54) is 21.9 Å². The summed E-state index contributed by atoms with van der Waals surface area (Å²) >= 11 is 0. The summed E-state index contributed by atoms with van der Waals surface area (Å²) in [5, 5.41) is 3.64. The molecule has 0 bridgehead atoms. The molecule has 1 radical (unpaired) electrons. The van der Waals surface area contributed by atoms with Crippen molar-refractivity contribution in [3.63, 3.8) is 0 Å². The average molecular weight is 967 g/mol. The van der Waals surface area contributed by atoms with Crippen LogP contribution in [0, 0.1) is 18.1 Å². The Kier molecular flexibility index (Phi) is 12.0. The summed E-state index contributed by atoms with van der Waals surface area (Å²) in [6.45, 7) is 18.4. The number of rotatable bonds is 7. The Bertz CT molecular complexity index is 2850. The van der Waals surface area contributed by atoms with Crippen LogP contribution < -0.4 is 5.19 Å². The number of para-hydroxylation sites is 1. The third kappa shape index (κ3) is 8.65. The van der Waals surface area contributed by atoms with E-state index >= 15 is 0 Å². The maximum absolute atomic E-state index is 6.40. The monoisotopic (exact) mass is 967 g/mol. The van der Waals surface area contributed by atoms with Crippen molar-refractivity contribution in [2.45, 2.75) is 66.1 Å². The van der Waals surface area contributed by atoms with E-state index in [9.17, 15) is 0 Å². The first kappa shape index (κ1) is 41.7. The number of imidazole rings is 1. The molecule has 7 heteroatoms. The summed E-state index contributed by atoms with van der Waals surface area (Å²) in [5.41, 5.74) is 12.4. The number of hydrogen-bond donors (Lipinski definition) is 0. The van der Waals surface area contributed by atoms with Crippen LogP contribution >= 0.6 is 0 Å². The molecule has 0 unspecified atom stereocenters. The fraction of sp³-hybridized carbons (Fsp3) is 0.212. The van der Waals surface area contributed by atoms with Crippen molar-refractivity contribution in [3.8, 4) is 39.5 Å². The largest absolute Gasteiger partial charge is 0.501 e. The van der Waals surface area contributed by atoms with Crippen molar-refractivity contribution in [1.29, 1.82) is 0 Å². The van der Waals surface area contributed by atoms with E-state index in [0.29, 0.717) is 5.92 Å². The molecular formula is C52H50IrN4OSi-2. The van der Waals surface area contributed by atoms with Gasteiger partial charge in [0.2, 0.25) is 0 Å². The summed E-state index contributed by atoms with van der Waals surface area (Å²) in [5.74, 6) is 1.45. The second kappa shape index (κ2) is 17.0. The Morgan fingerprint density at radius 2 is 1.46 bits per heavy atom. The van der Waals surface area contributed by atoms with Gasteiger partial charge in [-0.1, -0.05) is 138 Å². The van der Waals surface area contributed by atoms with Crippen molar-refractivity contribution < 1.29 is 24.5 Å². The Balaban J connectivity index is 0.000000214. The fourth-order valence-electron chi connectivity index (χ4n) is 7.77. The van der Waals surface area contributed by atoms with Crippen molar-refractivity contribution in [1.82, 2.24) is 19.5 Å². The Morgan fingerprint density at radius 3 is 2.15 bits per heavy atom. The van der Waals surface area contributed by atoms with E-state index in [-0.39, 0.29) is 25.5 Å². The van der Waals surface area contributed by atoms with Crippen LogP contribution in [-0.4, -0.2) is 27.6 Å². The van der Waals surface area contributed by atoms with Gasteiger partial charge in [-0.05, 0) is 58.0 Å². The van der Waals surface area contributed by atoms with E-state index < -0.39 is 8.07 Å². The van der Waals surface area contributed by atoms with Gasteiger partial charge in [-0.15, -0.1) is 54.1 Å². The number of aromatic nitrogens is 4. The topological polar surface area (TPSA) is 56.7 Å². The molecule has 0 aliphatic heterocycles. The van der Waals surface area contributed by atoms with Crippen LogP contribution in [0.15, 0.2) is 144 Å². The number of hydrogen-bond acceptors (Lipinski definition) is 4. The number of furan rings is 1. The van der Waals surface area contributed by atoms with Gasteiger partial charge in [-0.3, -0.25) is 9.97 Å².